The highest BCUT2D eigenvalue weighted by atomic mass is 35.5. The first-order chi connectivity index (χ1) is 2.91. The van der Waals surface area contributed by atoms with Crippen LogP contribution in [0.3, 0.4) is 0 Å². The zero-order valence-corrected chi connectivity index (χ0v) is 3.83. The Bertz CT molecular complexity index is 87.5. The van der Waals surface area contributed by atoms with Gasteiger partial charge in [-0.1, -0.05) is 6.58 Å². The van der Waals surface area contributed by atoms with Gasteiger partial charge in [0.2, 0.25) is 0 Å². The van der Waals surface area contributed by atoms with Crippen molar-refractivity contribution in [3.05, 3.63) is 12.8 Å². The smallest absolute Gasteiger partial charge is 0.133 e. The molecule has 0 atom stereocenters. The quantitative estimate of drug-likeness (QED) is 0.358. The van der Waals surface area contributed by atoms with Crippen molar-refractivity contribution in [1.82, 2.24) is 0 Å². The van der Waals surface area contributed by atoms with Crippen molar-refractivity contribution in [1.29, 1.82) is 0 Å². The van der Waals surface area contributed by atoms with Gasteiger partial charge in [0.15, 0.2) is 0 Å². The van der Waals surface area contributed by atoms with E-state index in [1.54, 1.807) is 0 Å². The zero-order valence-electron chi connectivity index (χ0n) is 3.07. The molecule has 0 heterocycles. The second-order valence-corrected chi connectivity index (χ2v) is 0.670. The maximum absolute atomic E-state index is 4.85. The first-order valence-electron chi connectivity index (χ1n) is 1.29. The lowest BCUT2D eigenvalue weighted by Gasteiger charge is -1.72. The Morgan fingerprint density at radius 2 is 2.50 bits per heavy atom. The molecule has 2 heteroatoms. The molecular weight excluding hydrogens is 99.5 g/mol. The number of ether oxygens (including phenoxy) is 1. The summed E-state index contributed by atoms with van der Waals surface area (Å²) < 4.78 is 4.25. The summed E-state index contributed by atoms with van der Waals surface area (Å²) in [6.45, 7) is 3.21. The molecule has 0 saturated carbocycles. The summed E-state index contributed by atoms with van der Waals surface area (Å²) in [6, 6.07) is 0. The minimum Gasteiger partial charge on any atom is -0.415 e. The largest absolute Gasteiger partial charge is 0.415 e. The van der Waals surface area contributed by atoms with E-state index in [2.05, 4.69) is 17.4 Å². The fraction of sp³-hybridized carbons (Fsp3) is 0. The maximum atomic E-state index is 4.85. The molecule has 0 unspecified atom stereocenters. The predicted octanol–water partition coefficient (Wildman–Crippen LogP) is 1.30. The van der Waals surface area contributed by atoms with E-state index >= 15 is 0 Å². The van der Waals surface area contributed by atoms with Gasteiger partial charge in [-0.05, 0) is 11.6 Å². The monoisotopic (exact) mass is 102 g/mol. The van der Waals surface area contributed by atoms with Crippen LogP contribution in [0.4, 0.5) is 0 Å². The lowest BCUT2D eigenvalue weighted by atomic mass is 11.1. The highest BCUT2D eigenvalue weighted by Crippen LogP contribution is 1.67. The van der Waals surface area contributed by atoms with Crippen molar-refractivity contribution < 1.29 is 4.74 Å². The van der Waals surface area contributed by atoms with Crippen LogP contribution in [0.15, 0.2) is 12.8 Å². The molecule has 0 fully saturated rings. The minimum absolute atomic E-state index is 1.20. The van der Waals surface area contributed by atoms with Crippen molar-refractivity contribution in [2.45, 2.75) is 0 Å². The van der Waals surface area contributed by atoms with Gasteiger partial charge in [0.1, 0.15) is 6.11 Å². The minimum atomic E-state index is 1.20. The Morgan fingerprint density at radius 1 is 1.83 bits per heavy atom. The Morgan fingerprint density at radius 3 is 2.67 bits per heavy atom. The van der Waals surface area contributed by atoms with Gasteiger partial charge in [0, 0.05) is 5.38 Å². The average molecular weight is 103 g/mol. The van der Waals surface area contributed by atoms with Crippen LogP contribution in [-0.2, 0) is 4.74 Å². The molecule has 0 aliphatic carbocycles. The third-order valence-corrected chi connectivity index (χ3v) is 0.258. The van der Waals surface area contributed by atoms with Gasteiger partial charge in [-0.25, -0.2) is 0 Å². The molecule has 1 nitrogen and oxygen atoms in total. The van der Waals surface area contributed by atoms with E-state index in [0.717, 1.165) is 0 Å². The third kappa shape index (κ3) is 3.39. The maximum Gasteiger partial charge on any atom is 0.133 e. The molecule has 0 saturated heterocycles. The number of hydrogen-bond acceptors (Lipinski definition) is 1. The van der Waals surface area contributed by atoms with E-state index in [0.29, 0.717) is 0 Å². The molecule has 0 aromatic carbocycles. The van der Waals surface area contributed by atoms with Crippen molar-refractivity contribution in [3.8, 4) is 11.5 Å². The van der Waals surface area contributed by atoms with E-state index in [-0.39, 0.29) is 0 Å². The van der Waals surface area contributed by atoms with Crippen molar-refractivity contribution >= 4 is 11.6 Å². The van der Waals surface area contributed by atoms with Gasteiger partial charge in [-0.2, -0.15) is 0 Å². The molecule has 0 amide bonds. The third-order valence-electron chi connectivity index (χ3n) is 0.181. The standard InChI is InChI=1S/C4H3ClO/c1-2-6-4-3-5/h2H,1H2. The van der Waals surface area contributed by atoms with E-state index in [9.17, 15) is 0 Å². The molecule has 0 aromatic rings. The Labute approximate surface area is 41.6 Å². The van der Waals surface area contributed by atoms with Crippen LogP contribution in [0, 0.1) is 11.5 Å². The first kappa shape index (κ1) is 5.39. The summed E-state index contributed by atoms with van der Waals surface area (Å²) in [5.41, 5.74) is 0. The summed E-state index contributed by atoms with van der Waals surface area (Å²) in [7, 11) is 0. The fourth-order valence-electron chi connectivity index (χ4n) is 0.0639. The van der Waals surface area contributed by atoms with Crippen LogP contribution in [0.25, 0.3) is 0 Å². The summed E-state index contributed by atoms with van der Waals surface area (Å²) in [6.07, 6.45) is 3.30. The molecule has 0 spiro atoms. The van der Waals surface area contributed by atoms with Gasteiger partial charge >= 0.3 is 0 Å². The topological polar surface area (TPSA) is 9.23 Å². The molecule has 0 rings (SSSR count). The average Bonchev–Trinajstić information content (AvgIpc) is 1.61. The lowest BCUT2D eigenvalue weighted by Crippen LogP contribution is -1.56. The van der Waals surface area contributed by atoms with Crippen LogP contribution < -0.4 is 0 Å². The van der Waals surface area contributed by atoms with Gasteiger partial charge in [-0.15, -0.1) is 0 Å². The van der Waals surface area contributed by atoms with E-state index in [1.165, 1.54) is 6.26 Å². The summed E-state index contributed by atoms with van der Waals surface area (Å²) >= 11 is 4.85. The molecule has 32 valence electrons. The Hall–Kier alpha value is -0.610. The lowest BCUT2D eigenvalue weighted by molar-refractivity contribution is 0.442. The fourth-order valence-corrected chi connectivity index (χ4v) is 0.108. The van der Waals surface area contributed by atoms with Crippen molar-refractivity contribution in [2.24, 2.45) is 0 Å². The van der Waals surface area contributed by atoms with Crippen LogP contribution >= 0.6 is 11.6 Å². The molecule has 0 bridgehead atoms. The Kier molecular flexibility index (Phi) is 3.94. The highest BCUT2D eigenvalue weighted by Gasteiger charge is 1.52. The molecule has 0 radical (unpaired) electrons. The van der Waals surface area contributed by atoms with Crippen LogP contribution in [0.1, 0.15) is 0 Å². The molecule has 0 aliphatic heterocycles. The van der Waals surface area contributed by atoms with Crippen LogP contribution in [0.2, 0.25) is 0 Å². The molecule has 0 aromatic heterocycles. The van der Waals surface area contributed by atoms with E-state index in [1.807, 2.05) is 5.38 Å². The summed E-state index contributed by atoms with van der Waals surface area (Å²) in [5, 5.41) is 2.00. The zero-order chi connectivity index (χ0) is 4.83. The van der Waals surface area contributed by atoms with E-state index < -0.39 is 0 Å². The van der Waals surface area contributed by atoms with Gasteiger partial charge in [-0.3, -0.25) is 0 Å². The second kappa shape index (κ2) is 4.39. The van der Waals surface area contributed by atoms with Gasteiger partial charge < -0.3 is 4.74 Å². The van der Waals surface area contributed by atoms with Crippen molar-refractivity contribution in [3.63, 3.8) is 0 Å². The second-order valence-electron chi connectivity index (χ2n) is 0.481. The molecule has 0 aliphatic rings. The van der Waals surface area contributed by atoms with Gasteiger partial charge in [0.05, 0.1) is 6.26 Å². The molecule has 6 heavy (non-hydrogen) atoms. The molecule has 0 N–H and O–H groups in total. The number of halogens is 1. The number of hydrogen-bond donors (Lipinski definition) is 0. The first-order valence-corrected chi connectivity index (χ1v) is 1.67. The van der Waals surface area contributed by atoms with Crippen LogP contribution in [-0.4, -0.2) is 0 Å². The SMILES string of the molecule is C=COC#CCl. The summed E-state index contributed by atoms with van der Waals surface area (Å²) in [4.78, 5) is 0. The van der Waals surface area contributed by atoms with Crippen LogP contribution in [0.5, 0.6) is 0 Å². The summed E-state index contributed by atoms with van der Waals surface area (Å²) in [5.74, 6) is 0. The Balaban J connectivity index is 3.00. The van der Waals surface area contributed by atoms with Crippen molar-refractivity contribution in [2.75, 3.05) is 0 Å². The molecular formula is C4H3ClO. The van der Waals surface area contributed by atoms with Gasteiger partial charge in [0.25, 0.3) is 0 Å². The number of rotatable bonds is 1. The normalized spacial score (nSPS) is 4.83. The van der Waals surface area contributed by atoms with E-state index in [4.69, 9.17) is 11.6 Å². The highest BCUT2D eigenvalue weighted by molar-refractivity contribution is 6.30. The predicted molar refractivity (Wildman–Crippen MR) is 24.9 cm³/mol.